The van der Waals surface area contributed by atoms with E-state index >= 15 is 0 Å². The van der Waals surface area contributed by atoms with Gasteiger partial charge in [0.2, 0.25) is 0 Å². The van der Waals surface area contributed by atoms with Gasteiger partial charge in [0.1, 0.15) is 0 Å². The molecule has 2 heterocycles. The van der Waals surface area contributed by atoms with E-state index in [2.05, 4.69) is 139 Å². The van der Waals surface area contributed by atoms with Crippen LogP contribution in [0.1, 0.15) is 16.7 Å². The Balaban J connectivity index is 1.22. The number of aryl methyl sites for hydroxylation is 1. The number of rotatable bonds is 4. The summed E-state index contributed by atoms with van der Waals surface area (Å²) in [5, 5.41) is 2.54. The van der Waals surface area contributed by atoms with Crippen molar-refractivity contribution >= 4 is 21.8 Å². The zero-order valence-corrected chi connectivity index (χ0v) is 24.9. The third-order valence-corrected chi connectivity index (χ3v) is 9.05. The molecule has 9 rings (SSSR count). The number of aromatic nitrogens is 3. The van der Waals surface area contributed by atoms with Crippen LogP contribution in [0.5, 0.6) is 0 Å². The summed E-state index contributed by atoms with van der Waals surface area (Å²) in [6.45, 7) is 2.19. The number of nitrogens with zero attached hydrogens (tertiary/aromatic N) is 3. The minimum atomic E-state index is 0.760. The zero-order valence-electron chi connectivity index (χ0n) is 24.9. The van der Waals surface area contributed by atoms with Gasteiger partial charge in [0, 0.05) is 45.1 Å². The SMILES string of the molecule is Cc1cc(-c2ccc3c(c2)-c2nc(-c4ccccc4)nc(-c4ccccc4)c2C3)cc(-n2c3ccccc3c3ccccc32)c1. The van der Waals surface area contributed by atoms with E-state index in [-0.39, 0.29) is 0 Å². The van der Waals surface area contributed by atoms with Crippen LogP contribution in [-0.2, 0) is 6.42 Å². The molecule has 212 valence electrons. The molecule has 3 nitrogen and oxygen atoms in total. The van der Waals surface area contributed by atoms with Gasteiger partial charge < -0.3 is 4.57 Å². The maximum atomic E-state index is 5.21. The van der Waals surface area contributed by atoms with Crippen molar-refractivity contribution in [3.8, 4) is 50.7 Å². The smallest absolute Gasteiger partial charge is 0.160 e. The van der Waals surface area contributed by atoms with E-state index in [9.17, 15) is 0 Å². The second-order valence-electron chi connectivity index (χ2n) is 11.9. The van der Waals surface area contributed by atoms with Crippen molar-refractivity contribution in [1.29, 1.82) is 0 Å². The molecule has 0 unspecified atom stereocenters. The molecule has 8 aromatic rings. The van der Waals surface area contributed by atoms with Gasteiger partial charge in [-0.3, -0.25) is 0 Å². The lowest BCUT2D eigenvalue weighted by molar-refractivity contribution is 1.13. The fraction of sp³-hybridized carbons (Fsp3) is 0.0476. The Bertz CT molecular complexity index is 2350. The molecule has 6 aromatic carbocycles. The first-order chi connectivity index (χ1) is 22.2. The summed E-state index contributed by atoms with van der Waals surface area (Å²) in [7, 11) is 0. The summed E-state index contributed by atoms with van der Waals surface area (Å²) in [5.74, 6) is 0.760. The summed E-state index contributed by atoms with van der Waals surface area (Å²) >= 11 is 0. The highest BCUT2D eigenvalue weighted by atomic mass is 15.0. The van der Waals surface area contributed by atoms with Crippen LogP contribution in [0.3, 0.4) is 0 Å². The van der Waals surface area contributed by atoms with Gasteiger partial charge in [0.25, 0.3) is 0 Å². The quantitative estimate of drug-likeness (QED) is 0.209. The summed E-state index contributed by atoms with van der Waals surface area (Å²) in [6, 6.07) is 52.0. The average Bonchev–Trinajstić information content (AvgIpc) is 3.64. The van der Waals surface area contributed by atoms with Crippen molar-refractivity contribution < 1.29 is 0 Å². The van der Waals surface area contributed by atoms with Crippen molar-refractivity contribution in [2.45, 2.75) is 13.3 Å². The van der Waals surface area contributed by atoms with Crippen LogP contribution in [0, 0.1) is 6.92 Å². The van der Waals surface area contributed by atoms with Gasteiger partial charge in [-0.1, -0.05) is 115 Å². The lowest BCUT2D eigenvalue weighted by Gasteiger charge is -2.13. The first-order valence-electron chi connectivity index (χ1n) is 15.5. The lowest BCUT2D eigenvalue weighted by Crippen LogP contribution is -1.99. The van der Waals surface area contributed by atoms with Crippen molar-refractivity contribution in [2.75, 3.05) is 0 Å². The van der Waals surface area contributed by atoms with E-state index < -0.39 is 0 Å². The second-order valence-corrected chi connectivity index (χ2v) is 11.9. The largest absolute Gasteiger partial charge is 0.309 e. The maximum Gasteiger partial charge on any atom is 0.160 e. The molecular weight excluding hydrogens is 546 g/mol. The van der Waals surface area contributed by atoms with E-state index in [1.54, 1.807) is 0 Å². The Kier molecular flexibility index (Phi) is 5.79. The Morgan fingerprint density at radius 3 is 1.84 bits per heavy atom. The van der Waals surface area contributed by atoms with E-state index in [1.165, 1.54) is 60.9 Å². The molecular formula is C42H29N3. The molecule has 0 saturated heterocycles. The van der Waals surface area contributed by atoms with Crippen molar-refractivity contribution in [3.63, 3.8) is 0 Å². The highest BCUT2D eigenvalue weighted by molar-refractivity contribution is 6.09. The summed E-state index contributed by atoms with van der Waals surface area (Å²) < 4.78 is 2.40. The van der Waals surface area contributed by atoms with Crippen LogP contribution in [0.15, 0.2) is 146 Å². The lowest BCUT2D eigenvalue weighted by atomic mass is 9.98. The minimum absolute atomic E-state index is 0.760. The molecule has 0 atom stereocenters. The van der Waals surface area contributed by atoms with Crippen LogP contribution >= 0.6 is 0 Å². The van der Waals surface area contributed by atoms with Crippen LogP contribution in [0.4, 0.5) is 0 Å². The van der Waals surface area contributed by atoms with Gasteiger partial charge in [-0.2, -0.15) is 0 Å². The normalized spacial score (nSPS) is 12.0. The summed E-state index contributed by atoms with van der Waals surface area (Å²) in [6.07, 6.45) is 0.824. The van der Waals surface area contributed by atoms with Gasteiger partial charge in [-0.25, -0.2) is 9.97 Å². The highest BCUT2D eigenvalue weighted by Gasteiger charge is 2.26. The number of para-hydroxylation sites is 2. The Hall–Kier alpha value is -5.80. The molecule has 0 radical (unpaired) electrons. The van der Waals surface area contributed by atoms with Gasteiger partial charge >= 0.3 is 0 Å². The topological polar surface area (TPSA) is 30.7 Å². The van der Waals surface area contributed by atoms with E-state index in [1.807, 2.05) is 18.2 Å². The molecule has 0 saturated carbocycles. The van der Waals surface area contributed by atoms with E-state index in [0.717, 1.165) is 34.8 Å². The molecule has 0 aliphatic heterocycles. The molecule has 1 aliphatic carbocycles. The van der Waals surface area contributed by atoms with Gasteiger partial charge in [-0.15, -0.1) is 0 Å². The van der Waals surface area contributed by atoms with Gasteiger partial charge in [0.15, 0.2) is 5.82 Å². The number of hydrogen-bond acceptors (Lipinski definition) is 2. The Morgan fingerprint density at radius 1 is 0.511 bits per heavy atom. The predicted octanol–water partition coefficient (Wildman–Crippen LogP) is 10.5. The van der Waals surface area contributed by atoms with Crippen LogP contribution in [0.25, 0.3) is 72.5 Å². The van der Waals surface area contributed by atoms with Crippen LogP contribution < -0.4 is 0 Å². The number of hydrogen-bond donors (Lipinski definition) is 0. The third-order valence-electron chi connectivity index (χ3n) is 9.05. The number of fused-ring (bicyclic) bond motifs is 6. The van der Waals surface area contributed by atoms with Gasteiger partial charge in [-0.05, 0) is 59.5 Å². The fourth-order valence-corrected chi connectivity index (χ4v) is 7.01. The average molecular weight is 576 g/mol. The summed E-state index contributed by atoms with van der Waals surface area (Å²) in [5.41, 5.74) is 15.1. The first-order valence-corrected chi connectivity index (χ1v) is 15.5. The molecule has 1 aliphatic rings. The van der Waals surface area contributed by atoms with Crippen molar-refractivity contribution in [3.05, 3.63) is 162 Å². The third kappa shape index (κ3) is 4.20. The monoisotopic (exact) mass is 575 g/mol. The van der Waals surface area contributed by atoms with Gasteiger partial charge in [0.05, 0.1) is 22.4 Å². The molecule has 3 heteroatoms. The van der Waals surface area contributed by atoms with E-state index in [4.69, 9.17) is 9.97 Å². The Morgan fingerprint density at radius 2 is 1.13 bits per heavy atom. The standard InChI is InChI=1S/C42H29N3/c1-27-22-32(24-33(23-27)45-38-18-10-8-16-34(38)35-17-9-11-19-39(35)45)30-20-21-31-26-37-40(28-12-4-2-5-13-28)43-42(29-14-6-3-7-15-29)44-41(37)36(31)25-30/h2-25H,26H2,1H3. The number of benzene rings is 6. The van der Waals surface area contributed by atoms with Crippen molar-refractivity contribution in [1.82, 2.24) is 14.5 Å². The molecule has 2 aromatic heterocycles. The maximum absolute atomic E-state index is 5.21. The fourth-order valence-electron chi connectivity index (χ4n) is 7.01. The zero-order chi connectivity index (χ0) is 29.9. The second kappa shape index (κ2) is 10.1. The summed E-state index contributed by atoms with van der Waals surface area (Å²) in [4.78, 5) is 10.4. The first kappa shape index (κ1) is 25.7. The Labute approximate surface area is 262 Å². The molecule has 0 amide bonds. The van der Waals surface area contributed by atoms with E-state index in [0.29, 0.717) is 0 Å². The van der Waals surface area contributed by atoms with Crippen molar-refractivity contribution in [2.24, 2.45) is 0 Å². The molecule has 0 spiro atoms. The molecule has 45 heavy (non-hydrogen) atoms. The predicted molar refractivity (Wildman–Crippen MR) is 186 cm³/mol. The van der Waals surface area contributed by atoms with Crippen LogP contribution in [-0.4, -0.2) is 14.5 Å². The molecule has 0 N–H and O–H groups in total. The highest BCUT2D eigenvalue weighted by Crippen LogP contribution is 2.43. The van der Waals surface area contributed by atoms with Crippen LogP contribution in [0.2, 0.25) is 0 Å². The minimum Gasteiger partial charge on any atom is -0.309 e. The molecule has 0 fully saturated rings. The molecule has 0 bridgehead atoms.